The standard InChI is InChI=1S/C7H17NO4S/c1-2-7(6-9)13(10,11)12-5-3-4-8/h7,9H,2-6,8H2,1H3/t7-/m1/s1. The largest absolute Gasteiger partial charge is 0.395 e. The van der Waals surface area contributed by atoms with Crippen molar-refractivity contribution < 1.29 is 17.7 Å². The Balaban J connectivity index is 4.05. The zero-order valence-corrected chi connectivity index (χ0v) is 8.59. The molecule has 6 heteroatoms. The highest BCUT2D eigenvalue weighted by molar-refractivity contribution is 7.87. The lowest BCUT2D eigenvalue weighted by Gasteiger charge is -2.12. The van der Waals surface area contributed by atoms with Crippen LogP contribution in [-0.4, -0.2) is 38.5 Å². The third-order valence-electron chi connectivity index (χ3n) is 1.66. The van der Waals surface area contributed by atoms with E-state index in [1.54, 1.807) is 6.92 Å². The summed E-state index contributed by atoms with van der Waals surface area (Å²) in [5, 5.41) is 7.92. The zero-order chi connectivity index (χ0) is 10.3. The van der Waals surface area contributed by atoms with Gasteiger partial charge in [0.2, 0.25) is 0 Å². The van der Waals surface area contributed by atoms with E-state index in [4.69, 9.17) is 10.8 Å². The molecule has 3 N–H and O–H groups in total. The molecule has 13 heavy (non-hydrogen) atoms. The van der Waals surface area contributed by atoms with Crippen LogP contribution in [0.1, 0.15) is 19.8 Å². The van der Waals surface area contributed by atoms with Gasteiger partial charge in [-0.2, -0.15) is 8.42 Å². The number of hydrogen-bond donors (Lipinski definition) is 2. The third kappa shape index (κ3) is 4.56. The van der Waals surface area contributed by atoms with Crippen molar-refractivity contribution >= 4 is 10.1 Å². The maximum atomic E-state index is 11.2. The molecular formula is C7H17NO4S. The molecule has 0 rings (SSSR count). The van der Waals surface area contributed by atoms with Crippen molar-refractivity contribution in [1.82, 2.24) is 0 Å². The molecular weight excluding hydrogens is 194 g/mol. The molecule has 5 nitrogen and oxygen atoms in total. The number of nitrogens with two attached hydrogens (primary N) is 1. The predicted molar refractivity (Wildman–Crippen MR) is 49.7 cm³/mol. The Morgan fingerprint density at radius 3 is 2.54 bits per heavy atom. The van der Waals surface area contributed by atoms with Crippen LogP contribution in [0.2, 0.25) is 0 Å². The molecule has 0 bridgehead atoms. The molecule has 0 fully saturated rings. The van der Waals surface area contributed by atoms with Gasteiger partial charge in [-0.25, -0.2) is 0 Å². The van der Waals surface area contributed by atoms with E-state index < -0.39 is 22.0 Å². The summed E-state index contributed by atoms with van der Waals surface area (Å²) in [7, 11) is -3.60. The van der Waals surface area contributed by atoms with Gasteiger partial charge in [-0.05, 0) is 19.4 Å². The Morgan fingerprint density at radius 2 is 2.15 bits per heavy atom. The molecule has 1 atom stereocenters. The van der Waals surface area contributed by atoms with E-state index in [-0.39, 0.29) is 6.61 Å². The minimum Gasteiger partial charge on any atom is -0.395 e. The number of aliphatic hydroxyl groups excluding tert-OH is 1. The normalized spacial score (nSPS) is 14.4. The molecule has 0 spiro atoms. The molecule has 0 aliphatic rings. The highest BCUT2D eigenvalue weighted by Crippen LogP contribution is 2.07. The summed E-state index contributed by atoms with van der Waals surface area (Å²) >= 11 is 0. The second-order valence-electron chi connectivity index (χ2n) is 2.67. The molecule has 0 saturated carbocycles. The van der Waals surface area contributed by atoms with E-state index in [0.717, 1.165) is 0 Å². The molecule has 0 aromatic carbocycles. The van der Waals surface area contributed by atoms with E-state index in [0.29, 0.717) is 19.4 Å². The lowest BCUT2D eigenvalue weighted by atomic mass is 10.3. The Labute approximate surface area is 79.0 Å². The molecule has 80 valence electrons. The summed E-state index contributed by atoms with van der Waals surface area (Å²) in [6.45, 7) is 1.77. The van der Waals surface area contributed by atoms with Crippen LogP contribution in [0.3, 0.4) is 0 Å². The van der Waals surface area contributed by atoms with E-state index in [2.05, 4.69) is 4.18 Å². The molecule has 0 aromatic heterocycles. The fraction of sp³-hybridized carbons (Fsp3) is 1.00. The molecule has 0 radical (unpaired) electrons. The quantitative estimate of drug-likeness (QED) is 0.436. The highest BCUT2D eigenvalue weighted by Gasteiger charge is 2.23. The van der Waals surface area contributed by atoms with Gasteiger partial charge in [0.25, 0.3) is 10.1 Å². The first kappa shape index (κ1) is 12.8. The van der Waals surface area contributed by atoms with E-state index in [9.17, 15) is 8.42 Å². The fourth-order valence-corrected chi connectivity index (χ4v) is 1.91. The van der Waals surface area contributed by atoms with Gasteiger partial charge in [0.05, 0.1) is 13.2 Å². The van der Waals surface area contributed by atoms with Crippen LogP contribution in [0.25, 0.3) is 0 Å². The molecule has 0 unspecified atom stereocenters. The summed E-state index contributed by atoms with van der Waals surface area (Å²) < 4.78 is 27.1. The van der Waals surface area contributed by atoms with Crippen molar-refractivity contribution in [2.75, 3.05) is 19.8 Å². The van der Waals surface area contributed by atoms with Crippen LogP contribution in [0.5, 0.6) is 0 Å². The first-order valence-corrected chi connectivity index (χ1v) is 5.74. The summed E-state index contributed by atoms with van der Waals surface area (Å²) in [6, 6.07) is 0. The molecule has 0 aromatic rings. The van der Waals surface area contributed by atoms with Crippen molar-refractivity contribution in [3.63, 3.8) is 0 Å². The first-order valence-electron chi connectivity index (χ1n) is 4.27. The van der Waals surface area contributed by atoms with Gasteiger partial charge in [-0.3, -0.25) is 4.18 Å². The minimum atomic E-state index is -3.60. The Kier molecular flexibility index (Phi) is 6.23. The number of aliphatic hydroxyl groups is 1. The van der Waals surface area contributed by atoms with Gasteiger partial charge < -0.3 is 10.8 Å². The maximum Gasteiger partial charge on any atom is 0.272 e. The Hall–Kier alpha value is -0.170. The van der Waals surface area contributed by atoms with Gasteiger partial charge in [-0.15, -0.1) is 0 Å². The maximum absolute atomic E-state index is 11.2. The van der Waals surface area contributed by atoms with Crippen molar-refractivity contribution in [3.05, 3.63) is 0 Å². The van der Waals surface area contributed by atoms with Crippen molar-refractivity contribution in [2.24, 2.45) is 5.73 Å². The average Bonchev–Trinajstić information content (AvgIpc) is 2.06. The Morgan fingerprint density at radius 1 is 1.54 bits per heavy atom. The molecule has 0 aliphatic heterocycles. The highest BCUT2D eigenvalue weighted by atomic mass is 32.2. The molecule has 0 aliphatic carbocycles. The van der Waals surface area contributed by atoms with E-state index in [1.165, 1.54) is 0 Å². The second-order valence-corrected chi connectivity index (χ2v) is 4.56. The van der Waals surface area contributed by atoms with Gasteiger partial charge in [0.1, 0.15) is 5.25 Å². The van der Waals surface area contributed by atoms with Crippen LogP contribution in [0.15, 0.2) is 0 Å². The van der Waals surface area contributed by atoms with Gasteiger partial charge >= 0.3 is 0 Å². The molecule has 0 amide bonds. The minimum absolute atomic E-state index is 0.0926. The van der Waals surface area contributed by atoms with Gasteiger partial charge in [-0.1, -0.05) is 6.92 Å². The first-order chi connectivity index (χ1) is 6.08. The van der Waals surface area contributed by atoms with Crippen LogP contribution in [0, 0.1) is 0 Å². The number of hydrogen-bond acceptors (Lipinski definition) is 5. The monoisotopic (exact) mass is 211 g/mol. The van der Waals surface area contributed by atoms with Crippen LogP contribution >= 0.6 is 0 Å². The second kappa shape index (κ2) is 6.31. The summed E-state index contributed by atoms with van der Waals surface area (Å²) in [6.07, 6.45) is 0.850. The lowest BCUT2D eigenvalue weighted by molar-refractivity contribution is 0.261. The number of rotatable bonds is 7. The smallest absolute Gasteiger partial charge is 0.272 e. The Bertz CT molecular complexity index is 211. The molecule has 0 saturated heterocycles. The topological polar surface area (TPSA) is 89.6 Å². The third-order valence-corrected chi connectivity index (χ3v) is 3.46. The average molecular weight is 211 g/mol. The fourth-order valence-electron chi connectivity index (χ4n) is 0.779. The van der Waals surface area contributed by atoms with Gasteiger partial charge in [0, 0.05) is 0 Å². The molecule has 0 heterocycles. The van der Waals surface area contributed by atoms with E-state index in [1.807, 2.05) is 0 Å². The van der Waals surface area contributed by atoms with Crippen molar-refractivity contribution in [1.29, 1.82) is 0 Å². The van der Waals surface area contributed by atoms with Crippen molar-refractivity contribution in [3.8, 4) is 0 Å². The summed E-state index contributed by atoms with van der Waals surface area (Å²) in [5.74, 6) is 0. The summed E-state index contributed by atoms with van der Waals surface area (Å²) in [5.41, 5.74) is 5.17. The summed E-state index contributed by atoms with van der Waals surface area (Å²) in [4.78, 5) is 0. The predicted octanol–water partition coefficient (Wildman–Crippen LogP) is -0.547. The van der Waals surface area contributed by atoms with Crippen LogP contribution in [-0.2, 0) is 14.3 Å². The zero-order valence-electron chi connectivity index (χ0n) is 7.77. The van der Waals surface area contributed by atoms with Gasteiger partial charge in [0.15, 0.2) is 0 Å². The van der Waals surface area contributed by atoms with Crippen LogP contribution < -0.4 is 5.73 Å². The lowest BCUT2D eigenvalue weighted by Crippen LogP contribution is -2.27. The van der Waals surface area contributed by atoms with E-state index >= 15 is 0 Å². The van der Waals surface area contributed by atoms with Crippen molar-refractivity contribution in [2.45, 2.75) is 25.0 Å². The SMILES string of the molecule is CC[C@H](CO)S(=O)(=O)OCCCN. The van der Waals surface area contributed by atoms with Crippen LogP contribution in [0.4, 0.5) is 0 Å².